The molecule has 0 aliphatic rings. The fraction of sp³-hybridized carbons (Fsp3) is 0.100. The largest absolute Gasteiger partial charge is 0.425 e. The molecule has 0 atom stereocenters. The lowest BCUT2D eigenvalue weighted by Crippen LogP contribution is -2.20. The van der Waals surface area contributed by atoms with E-state index in [9.17, 15) is 20.1 Å². The maximum Gasteiger partial charge on any atom is 0.361 e. The Balaban J connectivity index is 2.94. The fourth-order valence-electron chi connectivity index (χ4n) is 1.52. The number of benzene rings is 1. The lowest BCUT2D eigenvalue weighted by molar-refractivity contribution is -0.386. The molecule has 0 aliphatic heterocycles. The molecule has 0 unspecified atom stereocenters. The molecule has 1 heterocycles. The number of pyridine rings is 1. The van der Waals surface area contributed by atoms with Crippen molar-refractivity contribution in [3.8, 4) is 0 Å². The van der Waals surface area contributed by atoms with E-state index >= 15 is 0 Å². The summed E-state index contributed by atoms with van der Waals surface area (Å²) in [4.78, 5) is 21.2. The third kappa shape index (κ3) is 1.40. The van der Waals surface area contributed by atoms with Crippen molar-refractivity contribution in [3.05, 3.63) is 50.3 Å². The van der Waals surface area contributed by atoms with Gasteiger partial charge in [0, 0.05) is 11.5 Å². The summed E-state index contributed by atoms with van der Waals surface area (Å²) in [5.41, 5.74) is -0.555. The molecule has 6 heteroatoms. The number of rotatable bonds is 1. The van der Waals surface area contributed by atoms with Crippen LogP contribution < -0.4 is 5.56 Å². The zero-order valence-electron chi connectivity index (χ0n) is 8.38. The van der Waals surface area contributed by atoms with Crippen molar-refractivity contribution in [3.63, 3.8) is 0 Å². The molecule has 6 nitrogen and oxygen atoms in total. The zero-order chi connectivity index (χ0) is 11.9. The van der Waals surface area contributed by atoms with Crippen molar-refractivity contribution >= 4 is 16.6 Å². The second-order valence-electron chi connectivity index (χ2n) is 3.47. The maximum atomic E-state index is 11.4. The quantitative estimate of drug-likeness (QED) is 0.447. The predicted molar refractivity (Wildman–Crippen MR) is 56.8 cm³/mol. The second-order valence-corrected chi connectivity index (χ2v) is 3.47. The van der Waals surface area contributed by atoms with Crippen molar-refractivity contribution in [2.24, 2.45) is 0 Å². The molecule has 0 amide bonds. The van der Waals surface area contributed by atoms with Crippen LogP contribution in [-0.4, -0.2) is 14.9 Å². The highest BCUT2D eigenvalue weighted by Crippen LogP contribution is 2.17. The number of fused-ring (bicyclic) bond motifs is 1. The molecule has 2 rings (SSSR count). The molecule has 0 aliphatic carbocycles. The molecular weight excluding hydrogens is 212 g/mol. The minimum Gasteiger partial charge on any atom is -0.425 e. The smallest absolute Gasteiger partial charge is 0.361 e. The summed E-state index contributed by atoms with van der Waals surface area (Å²) in [5, 5.41) is 20.5. The fourth-order valence-corrected chi connectivity index (χ4v) is 1.52. The molecule has 0 saturated heterocycles. The van der Waals surface area contributed by atoms with Crippen molar-refractivity contribution in [2.75, 3.05) is 0 Å². The molecule has 0 bridgehead atoms. The molecule has 82 valence electrons. The highest BCUT2D eigenvalue weighted by molar-refractivity contribution is 5.81. The van der Waals surface area contributed by atoms with E-state index < -0.39 is 16.2 Å². The minimum atomic E-state index is -1.02. The number of aryl methyl sites for hydroxylation is 1. The first-order valence-electron chi connectivity index (χ1n) is 4.51. The molecule has 1 aromatic carbocycles. The van der Waals surface area contributed by atoms with Crippen LogP contribution in [0.5, 0.6) is 0 Å². The van der Waals surface area contributed by atoms with Gasteiger partial charge in [0.05, 0.1) is 10.4 Å². The second kappa shape index (κ2) is 3.34. The van der Waals surface area contributed by atoms with Gasteiger partial charge in [-0.25, -0.2) is 0 Å². The van der Waals surface area contributed by atoms with Gasteiger partial charge in [0.25, 0.3) is 0 Å². The molecule has 0 radical (unpaired) electrons. The Morgan fingerprint density at radius 3 is 2.69 bits per heavy atom. The molecule has 0 spiro atoms. The summed E-state index contributed by atoms with van der Waals surface area (Å²) in [6, 6.07) is 6.10. The Morgan fingerprint density at radius 2 is 2.06 bits per heavy atom. The van der Waals surface area contributed by atoms with E-state index in [1.807, 2.05) is 0 Å². The summed E-state index contributed by atoms with van der Waals surface area (Å²) in [6.07, 6.45) is 0. The van der Waals surface area contributed by atoms with Gasteiger partial charge in [0.2, 0.25) is 0 Å². The van der Waals surface area contributed by atoms with Gasteiger partial charge >= 0.3 is 11.2 Å². The van der Waals surface area contributed by atoms with Crippen LogP contribution in [0.3, 0.4) is 0 Å². The van der Waals surface area contributed by atoms with Gasteiger partial charge < -0.3 is 5.21 Å². The Labute approximate surface area is 89.5 Å². The van der Waals surface area contributed by atoms with Crippen molar-refractivity contribution in [2.45, 2.75) is 6.92 Å². The first-order chi connectivity index (χ1) is 7.50. The molecule has 0 saturated carbocycles. The van der Waals surface area contributed by atoms with E-state index in [0.717, 1.165) is 11.6 Å². The Hall–Kier alpha value is -2.37. The van der Waals surface area contributed by atoms with Crippen LogP contribution >= 0.6 is 0 Å². The molecular formula is C10H8N2O4. The summed E-state index contributed by atoms with van der Waals surface area (Å²) in [6.45, 7) is 1.80. The van der Waals surface area contributed by atoms with Gasteiger partial charge in [-0.3, -0.25) is 14.9 Å². The van der Waals surface area contributed by atoms with Gasteiger partial charge in [0.15, 0.2) is 0 Å². The van der Waals surface area contributed by atoms with Crippen LogP contribution in [0, 0.1) is 17.0 Å². The minimum absolute atomic E-state index is 0.260. The Kier molecular flexibility index (Phi) is 2.12. The molecule has 2 aromatic rings. The summed E-state index contributed by atoms with van der Waals surface area (Å²) in [7, 11) is 0. The first-order valence-corrected chi connectivity index (χ1v) is 4.51. The third-order valence-corrected chi connectivity index (χ3v) is 2.31. The lowest BCUT2D eigenvalue weighted by Gasteiger charge is -2.03. The van der Waals surface area contributed by atoms with Gasteiger partial charge in [-0.05, 0) is 18.6 Å². The standard InChI is InChI=1S/C10H8N2O4/c1-6-2-3-7-5-9(12(15)16)10(13)11(14)8(7)4-6/h2-5,14H,1H3. The third-order valence-electron chi connectivity index (χ3n) is 2.31. The van der Waals surface area contributed by atoms with E-state index in [1.54, 1.807) is 25.1 Å². The van der Waals surface area contributed by atoms with E-state index in [-0.39, 0.29) is 5.52 Å². The van der Waals surface area contributed by atoms with E-state index in [2.05, 4.69) is 0 Å². The Bertz CT molecular complexity index is 645. The first kappa shape index (κ1) is 10.2. The van der Waals surface area contributed by atoms with Gasteiger partial charge in [-0.15, -0.1) is 4.73 Å². The monoisotopic (exact) mass is 220 g/mol. The van der Waals surface area contributed by atoms with Crippen LogP contribution in [0.4, 0.5) is 5.69 Å². The van der Waals surface area contributed by atoms with Gasteiger partial charge in [-0.1, -0.05) is 12.1 Å². The summed E-state index contributed by atoms with van der Waals surface area (Å²) in [5.74, 6) is 0. The average molecular weight is 220 g/mol. The summed E-state index contributed by atoms with van der Waals surface area (Å²) >= 11 is 0. The average Bonchev–Trinajstić information content (AvgIpc) is 2.23. The normalized spacial score (nSPS) is 10.6. The van der Waals surface area contributed by atoms with Crippen LogP contribution in [-0.2, 0) is 0 Å². The number of nitrogens with zero attached hydrogens (tertiary/aromatic N) is 2. The van der Waals surface area contributed by atoms with Gasteiger partial charge in [-0.2, -0.15) is 0 Å². The number of hydrogen-bond acceptors (Lipinski definition) is 4. The molecule has 16 heavy (non-hydrogen) atoms. The topological polar surface area (TPSA) is 85.4 Å². The molecule has 0 fully saturated rings. The number of nitro groups is 1. The molecule has 1 aromatic heterocycles. The predicted octanol–water partition coefficient (Wildman–Crippen LogP) is 1.46. The highest BCUT2D eigenvalue weighted by Gasteiger charge is 2.17. The van der Waals surface area contributed by atoms with E-state index in [0.29, 0.717) is 10.1 Å². The van der Waals surface area contributed by atoms with Crippen molar-refractivity contribution in [1.82, 2.24) is 4.73 Å². The SMILES string of the molecule is Cc1ccc2cc([N+](=O)[O-])c(=O)n(O)c2c1. The van der Waals surface area contributed by atoms with Gasteiger partial charge in [0.1, 0.15) is 0 Å². The highest BCUT2D eigenvalue weighted by atomic mass is 16.6. The Morgan fingerprint density at radius 1 is 1.38 bits per heavy atom. The van der Waals surface area contributed by atoms with Crippen molar-refractivity contribution < 1.29 is 10.1 Å². The lowest BCUT2D eigenvalue weighted by atomic mass is 10.1. The maximum absolute atomic E-state index is 11.4. The summed E-state index contributed by atoms with van der Waals surface area (Å²) < 4.78 is 0.306. The number of hydrogen-bond donors (Lipinski definition) is 1. The van der Waals surface area contributed by atoms with Crippen LogP contribution in [0.2, 0.25) is 0 Å². The van der Waals surface area contributed by atoms with Crippen LogP contribution in [0.25, 0.3) is 10.9 Å². The molecule has 1 N–H and O–H groups in total. The van der Waals surface area contributed by atoms with E-state index in [1.165, 1.54) is 0 Å². The zero-order valence-corrected chi connectivity index (χ0v) is 8.38. The van der Waals surface area contributed by atoms with Crippen LogP contribution in [0.1, 0.15) is 5.56 Å². The van der Waals surface area contributed by atoms with E-state index in [4.69, 9.17) is 0 Å². The number of aromatic nitrogens is 1. The van der Waals surface area contributed by atoms with Crippen LogP contribution in [0.15, 0.2) is 29.1 Å². The van der Waals surface area contributed by atoms with Crippen molar-refractivity contribution in [1.29, 1.82) is 0 Å².